The molecule has 0 fully saturated rings. The minimum absolute atomic E-state index is 0.0288. The minimum Gasteiger partial charge on any atom is -0.359 e. The molecule has 0 atom stereocenters. The number of hydrogen-bond acceptors (Lipinski definition) is 3. The highest BCUT2D eigenvalue weighted by molar-refractivity contribution is 7.99. The minimum atomic E-state index is 0.0288. The van der Waals surface area contributed by atoms with Crippen molar-refractivity contribution in [3.05, 3.63) is 0 Å². The number of Topliss-reactive ketones (excluding diaryl/α,β-unsaturated/α-hetero) is 1. The lowest BCUT2D eigenvalue weighted by Crippen LogP contribution is -2.18. The van der Waals surface area contributed by atoms with Crippen molar-refractivity contribution < 1.29 is 9.59 Å². The smallest absolute Gasteiger partial charge is 0.220 e. The molecule has 0 aliphatic rings. The quantitative estimate of drug-likeness (QED) is 0.617. The van der Waals surface area contributed by atoms with Crippen molar-refractivity contribution in [3.63, 3.8) is 0 Å². The van der Waals surface area contributed by atoms with E-state index in [2.05, 4.69) is 5.32 Å². The summed E-state index contributed by atoms with van der Waals surface area (Å²) < 4.78 is 0. The third-order valence-electron chi connectivity index (χ3n) is 1.06. The molecule has 0 aromatic carbocycles. The molecule has 0 saturated heterocycles. The van der Waals surface area contributed by atoms with Crippen molar-refractivity contribution in [2.24, 2.45) is 0 Å². The van der Waals surface area contributed by atoms with Crippen molar-refractivity contribution in [1.82, 2.24) is 5.32 Å². The second kappa shape index (κ2) is 6.22. The zero-order valence-corrected chi connectivity index (χ0v) is 7.66. The first-order chi connectivity index (χ1) is 5.16. The van der Waals surface area contributed by atoms with Gasteiger partial charge in [-0.25, -0.2) is 0 Å². The second-order valence-electron chi connectivity index (χ2n) is 2.18. The molecule has 0 aliphatic carbocycles. The molecule has 0 rings (SSSR count). The summed E-state index contributed by atoms with van der Waals surface area (Å²) in [6.07, 6.45) is 0.494. The van der Waals surface area contributed by atoms with Crippen molar-refractivity contribution in [1.29, 1.82) is 0 Å². The Morgan fingerprint density at radius 1 is 1.45 bits per heavy atom. The van der Waals surface area contributed by atoms with Gasteiger partial charge in [-0.2, -0.15) is 11.8 Å². The number of carbonyl (C=O) groups is 2. The fourth-order valence-electron chi connectivity index (χ4n) is 0.506. The number of thioether (sulfide) groups is 1. The highest BCUT2D eigenvalue weighted by Crippen LogP contribution is 2.01. The maximum Gasteiger partial charge on any atom is 0.220 e. The molecule has 64 valence electrons. The molecule has 1 amide bonds. The molecule has 0 bridgehead atoms. The lowest BCUT2D eigenvalue weighted by molar-refractivity contribution is -0.120. The summed E-state index contributed by atoms with van der Waals surface area (Å²) in [6, 6.07) is 0. The van der Waals surface area contributed by atoms with E-state index in [0.29, 0.717) is 12.2 Å². The van der Waals surface area contributed by atoms with Crippen LogP contribution in [0.25, 0.3) is 0 Å². The van der Waals surface area contributed by atoms with Crippen LogP contribution in [-0.2, 0) is 9.59 Å². The Bertz CT molecular complexity index is 147. The first kappa shape index (κ1) is 10.5. The van der Waals surface area contributed by atoms with Crippen LogP contribution in [0.4, 0.5) is 0 Å². The Labute approximate surface area is 70.9 Å². The standard InChI is InChI=1S/C7H13NO2S/c1-6(9)5-11-4-3-7(10)8-2/h3-5H2,1-2H3,(H,8,10). The number of nitrogens with one attached hydrogen (secondary N) is 1. The molecule has 0 spiro atoms. The molecule has 0 saturated carbocycles. The number of carbonyl (C=O) groups excluding carboxylic acids is 2. The molecular weight excluding hydrogens is 162 g/mol. The van der Waals surface area contributed by atoms with E-state index < -0.39 is 0 Å². The first-order valence-corrected chi connectivity index (χ1v) is 4.60. The summed E-state index contributed by atoms with van der Waals surface area (Å²) in [5.41, 5.74) is 0. The van der Waals surface area contributed by atoms with Crippen LogP contribution in [0.1, 0.15) is 13.3 Å². The van der Waals surface area contributed by atoms with E-state index in [1.165, 1.54) is 11.8 Å². The summed E-state index contributed by atoms with van der Waals surface area (Å²) >= 11 is 1.49. The van der Waals surface area contributed by atoms with Gasteiger partial charge >= 0.3 is 0 Å². The lowest BCUT2D eigenvalue weighted by Gasteiger charge is -1.97. The third kappa shape index (κ3) is 7.39. The SMILES string of the molecule is CNC(=O)CCSCC(C)=O. The average molecular weight is 175 g/mol. The van der Waals surface area contributed by atoms with Gasteiger partial charge in [0.25, 0.3) is 0 Å². The fraction of sp³-hybridized carbons (Fsp3) is 0.714. The topological polar surface area (TPSA) is 46.2 Å². The monoisotopic (exact) mass is 175 g/mol. The van der Waals surface area contributed by atoms with E-state index >= 15 is 0 Å². The molecule has 11 heavy (non-hydrogen) atoms. The summed E-state index contributed by atoms with van der Waals surface area (Å²) in [4.78, 5) is 21.1. The van der Waals surface area contributed by atoms with Crippen LogP contribution in [0.3, 0.4) is 0 Å². The predicted octanol–water partition coefficient (Wildman–Crippen LogP) is 0.445. The van der Waals surface area contributed by atoms with Gasteiger partial charge in [0.05, 0.1) is 5.75 Å². The predicted molar refractivity (Wildman–Crippen MR) is 46.7 cm³/mol. The Balaban J connectivity index is 3.14. The molecule has 0 aromatic rings. The summed E-state index contributed by atoms with van der Waals surface area (Å²) in [7, 11) is 1.61. The van der Waals surface area contributed by atoms with Crippen LogP contribution in [0.5, 0.6) is 0 Å². The van der Waals surface area contributed by atoms with Gasteiger partial charge in [-0.1, -0.05) is 0 Å². The van der Waals surface area contributed by atoms with Gasteiger partial charge in [0, 0.05) is 19.2 Å². The van der Waals surface area contributed by atoms with Gasteiger partial charge in [0.1, 0.15) is 5.78 Å². The summed E-state index contributed by atoms with van der Waals surface area (Å²) in [5, 5.41) is 2.52. The van der Waals surface area contributed by atoms with Crippen LogP contribution in [0.2, 0.25) is 0 Å². The fourth-order valence-corrected chi connectivity index (χ4v) is 1.27. The molecule has 0 aliphatic heterocycles. The van der Waals surface area contributed by atoms with E-state index in [4.69, 9.17) is 0 Å². The van der Waals surface area contributed by atoms with Gasteiger partial charge in [0.2, 0.25) is 5.91 Å². The lowest BCUT2D eigenvalue weighted by atomic mass is 10.5. The van der Waals surface area contributed by atoms with Gasteiger partial charge in [0.15, 0.2) is 0 Å². The number of ketones is 1. The van der Waals surface area contributed by atoms with Crippen molar-refractivity contribution in [2.45, 2.75) is 13.3 Å². The Morgan fingerprint density at radius 3 is 2.55 bits per heavy atom. The van der Waals surface area contributed by atoms with Gasteiger partial charge < -0.3 is 5.32 Å². The van der Waals surface area contributed by atoms with Crippen LogP contribution in [-0.4, -0.2) is 30.2 Å². The number of amides is 1. The first-order valence-electron chi connectivity index (χ1n) is 3.44. The van der Waals surface area contributed by atoms with Crippen LogP contribution >= 0.6 is 11.8 Å². The highest BCUT2D eigenvalue weighted by atomic mass is 32.2. The molecule has 0 heterocycles. The maximum absolute atomic E-state index is 10.6. The van der Waals surface area contributed by atoms with Crippen LogP contribution in [0, 0.1) is 0 Å². The van der Waals surface area contributed by atoms with E-state index in [-0.39, 0.29) is 11.7 Å². The third-order valence-corrected chi connectivity index (χ3v) is 2.16. The van der Waals surface area contributed by atoms with E-state index in [0.717, 1.165) is 5.75 Å². The molecule has 0 aromatic heterocycles. The largest absolute Gasteiger partial charge is 0.359 e. The second-order valence-corrected chi connectivity index (χ2v) is 3.28. The average Bonchev–Trinajstić information content (AvgIpc) is 1.97. The van der Waals surface area contributed by atoms with E-state index in [1.807, 2.05) is 0 Å². The summed E-state index contributed by atoms with van der Waals surface area (Å²) in [6.45, 7) is 1.55. The van der Waals surface area contributed by atoms with Gasteiger partial charge in [-0.05, 0) is 6.92 Å². The Morgan fingerprint density at radius 2 is 2.09 bits per heavy atom. The van der Waals surface area contributed by atoms with Crippen molar-refractivity contribution >= 4 is 23.5 Å². The van der Waals surface area contributed by atoms with Crippen LogP contribution in [0.15, 0.2) is 0 Å². The normalized spacial score (nSPS) is 9.27. The molecule has 4 heteroatoms. The van der Waals surface area contributed by atoms with E-state index in [1.54, 1.807) is 14.0 Å². The molecule has 0 radical (unpaired) electrons. The zero-order valence-electron chi connectivity index (χ0n) is 6.85. The molecule has 1 N–H and O–H groups in total. The van der Waals surface area contributed by atoms with Crippen molar-refractivity contribution in [3.8, 4) is 0 Å². The molecular formula is C7H13NO2S. The van der Waals surface area contributed by atoms with Gasteiger partial charge in [-0.15, -0.1) is 0 Å². The van der Waals surface area contributed by atoms with Crippen LogP contribution < -0.4 is 5.32 Å². The molecule has 0 unspecified atom stereocenters. The highest BCUT2D eigenvalue weighted by Gasteiger charge is 1.98. The maximum atomic E-state index is 10.6. The summed E-state index contributed by atoms with van der Waals surface area (Å²) in [5.74, 6) is 1.42. The Kier molecular flexibility index (Phi) is 5.93. The Hall–Kier alpha value is -0.510. The molecule has 3 nitrogen and oxygen atoms in total. The van der Waals surface area contributed by atoms with Crippen molar-refractivity contribution in [2.75, 3.05) is 18.6 Å². The van der Waals surface area contributed by atoms with E-state index in [9.17, 15) is 9.59 Å². The number of hydrogen-bond donors (Lipinski definition) is 1. The van der Waals surface area contributed by atoms with Gasteiger partial charge in [-0.3, -0.25) is 9.59 Å². The zero-order chi connectivity index (χ0) is 8.69. The number of rotatable bonds is 5.